The van der Waals surface area contributed by atoms with E-state index in [1.54, 1.807) is 25.4 Å². The number of ether oxygens (including phenoxy) is 2. The minimum atomic E-state index is -0.291. The van der Waals surface area contributed by atoms with Gasteiger partial charge < -0.3 is 19.9 Å². The summed E-state index contributed by atoms with van der Waals surface area (Å²) in [5.74, 6) is 0.987. The van der Waals surface area contributed by atoms with Crippen LogP contribution in [0, 0.1) is 0 Å². The topological polar surface area (TPSA) is 63.6 Å². The molecule has 1 aromatic carbocycles. The third kappa shape index (κ3) is 2.42. The van der Waals surface area contributed by atoms with Crippen molar-refractivity contribution in [2.24, 2.45) is 0 Å². The molecule has 1 saturated heterocycles. The zero-order valence-electron chi connectivity index (χ0n) is 11.4. The second-order valence-corrected chi connectivity index (χ2v) is 5.11. The summed E-state index contributed by atoms with van der Waals surface area (Å²) in [7, 11) is 1.71. The molecule has 0 spiro atoms. The molecule has 2 N–H and O–H groups in total. The van der Waals surface area contributed by atoms with E-state index in [1.165, 1.54) is 0 Å². The largest absolute Gasteiger partial charge is 0.508 e. The van der Waals surface area contributed by atoms with Gasteiger partial charge in [0.25, 0.3) is 0 Å². The Morgan fingerprint density at radius 2 is 2.35 bits per heavy atom. The van der Waals surface area contributed by atoms with Gasteiger partial charge in [0.2, 0.25) is 0 Å². The number of phenolic OH excluding ortho intramolecular Hbond substituents is 1. The number of hydrogen-bond donors (Lipinski definition) is 2. The number of nitrogens with one attached hydrogen (secondary N) is 1. The van der Waals surface area contributed by atoms with Crippen LogP contribution in [0.2, 0.25) is 0 Å². The summed E-state index contributed by atoms with van der Waals surface area (Å²) in [6.45, 7) is 1.94. The van der Waals surface area contributed by atoms with Gasteiger partial charge in [0.1, 0.15) is 17.2 Å². The van der Waals surface area contributed by atoms with Crippen LogP contribution >= 0.6 is 0 Å². The zero-order chi connectivity index (χ0) is 14.0. The monoisotopic (exact) mass is 274 g/mol. The Hall–Kier alpha value is -1.85. The van der Waals surface area contributed by atoms with Gasteiger partial charge in [-0.3, -0.25) is 0 Å². The van der Waals surface area contributed by atoms with Crippen LogP contribution in [0.5, 0.6) is 5.75 Å². The van der Waals surface area contributed by atoms with Crippen LogP contribution in [0.1, 0.15) is 6.42 Å². The predicted octanol–water partition coefficient (Wildman–Crippen LogP) is 2.16. The van der Waals surface area contributed by atoms with Crippen LogP contribution in [-0.4, -0.2) is 42.6 Å². The molecule has 1 aromatic heterocycles. The molecule has 5 heteroatoms. The molecule has 1 aliphatic rings. The summed E-state index contributed by atoms with van der Waals surface area (Å²) in [4.78, 5) is 4.36. The maximum atomic E-state index is 9.63. The van der Waals surface area contributed by atoms with E-state index in [0.717, 1.165) is 29.6 Å². The normalized spacial score (nSPS) is 22.2. The number of benzene rings is 1. The van der Waals surface area contributed by atoms with E-state index >= 15 is 0 Å². The number of hydrogen-bond acceptors (Lipinski definition) is 5. The molecule has 0 saturated carbocycles. The van der Waals surface area contributed by atoms with Gasteiger partial charge in [-0.25, -0.2) is 4.98 Å². The van der Waals surface area contributed by atoms with Crippen LogP contribution < -0.4 is 5.32 Å². The highest BCUT2D eigenvalue weighted by Gasteiger charge is 2.34. The lowest BCUT2D eigenvalue weighted by atomic mass is 10.0. The minimum Gasteiger partial charge on any atom is -0.508 e. The fourth-order valence-electron chi connectivity index (χ4n) is 2.50. The van der Waals surface area contributed by atoms with E-state index in [2.05, 4.69) is 10.3 Å². The number of aromatic nitrogens is 1. The van der Waals surface area contributed by atoms with Crippen LogP contribution in [-0.2, 0) is 9.47 Å². The van der Waals surface area contributed by atoms with Crippen LogP contribution in [0.4, 0.5) is 5.82 Å². The maximum absolute atomic E-state index is 9.63. The van der Waals surface area contributed by atoms with Crippen LogP contribution in [0.15, 0.2) is 30.5 Å². The lowest BCUT2D eigenvalue weighted by molar-refractivity contribution is -0.00623. The molecule has 1 fully saturated rings. The molecule has 0 radical (unpaired) electrons. The molecular formula is C15H18N2O3. The minimum absolute atomic E-state index is 0.235. The van der Waals surface area contributed by atoms with E-state index in [-0.39, 0.29) is 11.4 Å². The van der Waals surface area contributed by atoms with Crippen molar-refractivity contribution in [3.05, 3.63) is 30.5 Å². The molecule has 3 rings (SSSR count). The highest BCUT2D eigenvalue weighted by atomic mass is 16.5. The molecule has 2 heterocycles. The number of nitrogens with zero attached hydrogens (tertiary/aromatic N) is 1. The molecule has 106 valence electrons. The van der Waals surface area contributed by atoms with Gasteiger partial charge in [-0.2, -0.15) is 0 Å². The number of aromatic hydroxyl groups is 1. The predicted molar refractivity (Wildman–Crippen MR) is 77.1 cm³/mol. The Bertz CT molecular complexity index is 609. The molecule has 5 nitrogen and oxygen atoms in total. The second-order valence-electron chi connectivity index (χ2n) is 5.11. The first kappa shape index (κ1) is 13.1. The first-order valence-corrected chi connectivity index (χ1v) is 6.67. The third-order valence-electron chi connectivity index (χ3n) is 3.83. The lowest BCUT2D eigenvalue weighted by Gasteiger charge is -2.26. The highest BCUT2D eigenvalue weighted by Crippen LogP contribution is 2.27. The van der Waals surface area contributed by atoms with Crippen molar-refractivity contribution < 1.29 is 14.6 Å². The summed E-state index contributed by atoms with van der Waals surface area (Å²) in [5, 5.41) is 14.9. The lowest BCUT2D eigenvalue weighted by Crippen LogP contribution is -2.39. The molecular weight excluding hydrogens is 256 g/mol. The van der Waals surface area contributed by atoms with Crippen LogP contribution in [0.25, 0.3) is 10.8 Å². The van der Waals surface area contributed by atoms with Gasteiger partial charge in [-0.15, -0.1) is 0 Å². The summed E-state index contributed by atoms with van der Waals surface area (Å²) >= 11 is 0. The Morgan fingerprint density at radius 3 is 3.10 bits per heavy atom. The maximum Gasteiger partial charge on any atom is 0.134 e. The van der Waals surface area contributed by atoms with Crippen molar-refractivity contribution in [3.63, 3.8) is 0 Å². The van der Waals surface area contributed by atoms with Crippen molar-refractivity contribution in [3.8, 4) is 5.75 Å². The molecule has 0 bridgehead atoms. The Balaban J connectivity index is 1.85. The summed E-state index contributed by atoms with van der Waals surface area (Å²) in [5.41, 5.74) is -0.291. The molecule has 0 amide bonds. The smallest absolute Gasteiger partial charge is 0.134 e. The van der Waals surface area contributed by atoms with Crippen LogP contribution in [0.3, 0.4) is 0 Å². The zero-order valence-corrected chi connectivity index (χ0v) is 11.4. The fourth-order valence-corrected chi connectivity index (χ4v) is 2.50. The number of methoxy groups -OCH3 is 1. The molecule has 2 aromatic rings. The average molecular weight is 274 g/mol. The quantitative estimate of drug-likeness (QED) is 0.894. The van der Waals surface area contributed by atoms with E-state index in [1.807, 2.05) is 12.1 Å². The van der Waals surface area contributed by atoms with Crippen molar-refractivity contribution >= 4 is 16.6 Å². The number of fused-ring (bicyclic) bond motifs is 1. The number of pyridine rings is 1. The summed E-state index contributed by atoms with van der Waals surface area (Å²) in [6.07, 6.45) is 2.62. The van der Waals surface area contributed by atoms with Gasteiger partial charge in [0, 0.05) is 38.3 Å². The van der Waals surface area contributed by atoms with E-state index < -0.39 is 0 Å². The van der Waals surface area contributed by atoms with Crippen molar-refractivity contribution in [1.29, 1.82) is 0 Å². The van der Waals surface area contributed by atoms with Crippen molar-refractivity contribution in [2.45, 2.75) is 12.0 Å². The molecule has 1 unspecified atom stereocenters. The second kappa shape index (κ2) is 5.26. The first-order chi connectivity index (χ1) is 9.72. The standard InChI is InChI=1S/C15H18N2O3/c1-19-15(5-7-20-10-15)9-17-14-13-8-12(18)3-2-11(13)4-6-16-14/h2-4,6,8,18H,5,7,9-10H2,1H3,(H,16,17). The highest BCUT2D eigenvalue weighted by molar-refractivity contribution is 5.92. The van der Waals surface area contributed by atoms with Gasteiger partial charge >= 0.3 is 0 Å². The molecule has 1 atom stereocenters. The number of phenols is 1. The molecule has 20 heavy (non-hydrogen) atoms. The average Bonchev–Trinajstić information content (AvgIpc) is 2.94. The van der Waals surface area contributed by atoms with Crippen molar-refractivity contribution in [1.82, 2.24) is 4.98 Å². The van der Waals surface area contributed by atoms with Crippen molar-refractivity contribution in [2.75, 3.05) is 32.2 Å². The van der Waals surface area contributed by atoms with Gasteiger partial charge in [0.15, 0.2) is 0 Å². The van der Waals surface area contributed by atoms with Gasteiger partial charge in [-0.05, 0) is 23.6 Å². The SMILES string of the molecule is COC1(CNc2nccc3ccc(O)cc23)CCOC1. The number of anilines is 1. The fraction of sp³-hybridized carbons (Fsp3) is 0.400. The van der Waals surface area contributed by atoms with E-state index in [9.17, 15) is 5.11 Å². The Kier molecular flexibility index (Phi) is 3.46. The third-order valence-corrected chi connectivity index (χ3v) is 3.83. The molecule has 1 aliphatic heterocycles. The number of rotatable bonds is 4. The van der Waals surface area contributed by atoms with Gasteiger partial charge in [-0.1, -0.05) is 6.07 Å². The Labute approximate surface area is 117 Å². The van der Waals surface area contributed by atoms with E-state index in [4.69, 9.17) is 9.47 Å². The summed E-state index contributed by atoms with van der Waals surface area (Å²) in [6, 6.07) is 7.19. The first-order valence-electron chi connectivity index (χ1n) is 6.67. The summed E-state index contributed by atoms with van der Waals surface area (Å²) < 4.78 is 11.0. The molecule has 0 aliphatic carbocycles. The Morgan fingerprint density at radius 1 is 1.45 bits per heavy atom. The van der Waals surface area contributed by atoms with Gasteiger partial charge in [0.05, 0.1) is 6.61 Å². The van der Waals surface area contributed by atoms with E-state index in [0.29, 0.717) is 13.2 Å².